The zero-order valence-electron chi connectivity index (χ0n) is 12.7. The predicted octanol–water partition coefficient (Wildman–Crippen LogP) is 2.25. The lowest BCUT2D eigenvalue weighted by Gasteiger charge is -2.26. The maximum absolute atomic E-state index is 11.1. The molecule has 1 saturated carbocycles. The molecule has 1 aromatic heterocycles. The van der Waals surface area contributed by atoms with Crippen molar-refractivity contribution in [2.24, 2.45) is 5.41 Å². The van der Waals surface area contributed by atoms with Gasteiger partial charge in [0.05, 0.1) is 10.6 Å². The summed E-state index contributed by atoms with van der Waals surface area (Å²) in [5.74, 6) is 0. The van der Waals surface area contributed by atoms with Crippen LogP contribution in [-0.4, -0.2) is 28.2 Å². The van der Waals surface area contributed by atoms with Gasteiger partial charge in [0.25, 0.3) is 5.69 Å². The van der Waals surface area contributed by atoms with E-state index in [-0.39, 0.29) is 22.6 Å². The molecule has 1 aromatic rings. The minimum Gasteiger partial charge on any atom is -0.396 e. The lowest BCUT2D eigenvalue weighted by Crippen LogP contribution is -2.35. The Hall–Kier alpha value is -1.53. The maximum Gasteiger partial charge on any atom is 0.278 e. The van der Waals surface area contributed by atoms with E-state index in [1.165, 1.54) is 0 Å². The van der Waals surface area contributed by atoms with E-state index in [2.05, 4.69) is 10.3 Å². The number of aromatic nitrogens is 1. The average Bonchev–Trinajstić information content (AvgIpc) is 2.90. The lowest BCUT2D eigenvalue weighted by molar-refractivity contribution is -0.386. The maximum atomic E-state index is 11.1. The second kappa shape index (κ2) is 6.49. The third-order valence-corrected chi connectivity index (χ3v) is 4.55. The summed E-state index contributed by atoms with van der Waals surface area (Å²) in [7, 11) is 0. The number of nitrogens with one attached hydrogen (secondary N) is 1. The molecule has 2 rings (SSSR count). The first-order valence-electron chi connectivity index (χ1n) is 7.40. The smallest absolute Gasteiger partial charge is 0.278 e. The van der Waals surface area contributed by atoms with Crippen LogP contribution in [0.2, 0.25) is 0 Å². The summed E-state index contributed by atoms with van der Waals surface area (Å²) in [6, 6.07) is 0. The van der Waals surface area contributed by atoms with Crippen LogP contribution in [0.25, 0.3) is 0 Å². The van der Waals surface area contributed by atoms with Crippen molar-refractivity contribution in [1.29, 1.82) is 0 Å². The Morgan fingerprint density at radius 1 is 1.43 bits per heavy atom. The Morgan fingerprint density at radius 2 is 2.10 bits per heavy atom. The number of hydrogen-bond donors (Lipinski definition) is 2. The van der Waals surface area contributed by atoms with Crippen LogP contribution in [0.4, 0.5) is 5.69 Å². The van der Waals surface area contributed by atoms with E-state index in [0.717, 1.165) is 32.2 Å². The fourth-order valence-electron chi connectivity index (χ4n) is 3.19. The number of nitro groups is 1. The van der Waals surface area contributed by atoms with Gasteiger partial charge >= 0.3 is 0 Å². The van der Waals surface area contributed by atoms with Crippen LogP contribution in [0.3, 0.4) is 0 Å². The molecule has 0 amide bonds. The molecule has 0 saturated heterocycles. The zero-order valence-corrected chi connectivity index (χ0v) is 12.7. The van der Waals surface area contributed by atoms with Crippen LogP contribution in [0, 0.1) is 29.4 Å². The van der Waals surface area contributed by atoms with Crippen LogP contribution in [0.15, 0.2) is 6.20 Å². The number of hydrogen-bond acceptors (Lipinski definition) is 5. The molecule has 0 aromatic carbocycles. The second-order valence-corrected chi connectivity index (χ2v) is 6.09. The third kappa shape index (κ3) is 3.39. The predicted molar refractivity (Wildman–Crippen MR) is 80.1 cm³/mol. The molecule has 0 atom stereocenters. The minimum absolute atomic E-state index is 0.0233. The van der Waals surface area contributed by atoms with Crippen LogP contribution < -0.4 is 5.32 Å². The molecule has 6 heteroatoms. The van der Waals surface area contributed by atoms with E-state index in [1.54, 1.807) is 20.0 Å². The minimum atomic E-state index is -0.345. The van der Waals surface area contributed by atoms with Crippen molar-refractivity contribution in [2.75, 3.05) is 13.2 Å². The van der Waals surface area contributed by atoms with Crippen molar-refractivity contribution in [3.05, 3.63) is 33.1 Å². The summed E-state index contributed by atoms with van der Waals surface area (Å²) in [6.45, 7) is 4.86. The molecule has 2 N–H and O–H groups in total. The molecule has 6 nitrogen and oxygen atoms in total. The van der Waals surface area contributed by atoms with E-state index < -0.39 is 0 Å². The monoisotopic (exact) mass is 293 g/mol. The molecule has 21 heavy (non-hydrogen) atoms. The fraction of sp³-hybridized carbons (Fsp3) is 0.667. The van der Waals surface area contributed by atoms with E-state index >= 15 is 0 Å². The number of aryl methyl sites for hydroxylation is 1. The number of pyridine rings is 1. The first kappa shape index (κ1) is 15.9. The summed E-state index contributed by atoms with van der Waals surface area (Å²) < 4.78 is 0. The Bertz CT molecular complexity index is 525. The van der Waals surface area contributed by atoms with Crippen molar-refractivity contribution >= 4 is 5.69 Å². The Morgan fingerprint density at radius 3 is 2.67 bits per heavy atom. The molecule has 116 valence electrons. The number of nitrogens with zero attached hydrogens (tertiary/aromatic N) is 2. The summed E-state index contributed by atoms with van der Waals surface area (Å²) in [5, 5.41) is 24.0. The first-order chi connectivity index (χ1) is 9.99. The molecule has 1 aliphatic carbocycles. The highest BCUT2D eigenvalue weighted by molar-refractivity contribution is 5.47. The van der Waals surface area contributed by atoms with Gasteiger partial charge in [0.2, 0.25) is 0 Å². The van der Waals surface area contributed by atoms with Gasteiger partial charge in [0.1, 0.15) is 0 Å². The van der Waals surface area contributed by atoms with Crippen molar-refractivity contribution in [3.8, 4) is 0 Å². The molecule has 1 heterocycles. The van der Waals surface area contributed by atoms with Crippen molar-refractivity contribution in [2.45, 2.75) is 46.1 Å². The van der Waals surface area contributed by atoms with Gasteiger partial charge in [-0.3, -0.25) is 15.1 Å². The molecule has 0 aliphatic heterocycles. The van der Waals surface area contributed by atoms with Gasteiger partial charge in [-0.2, -0.15) is 0 Å². The number of aliphatic hydroxyl groups excluding tert-OH is 1. The Balaban J connectivity index is 2.04. The summed E-state index contributed by atoms with van der Waals surface area (Å²) >= 11 is 0. The summed E-state index contributed by atoms with van der Waals surface area (Å²) in [5.41, 5.74) is 2.05. The molecule has 1 aliphatic rings. The molecule has 0 radical (unpaired) electrons. The highest BCUT2D eigenvalue weighted by atomic mass is 16.6. The SMILES string of the molecule is Cc1cnc(CNCC2(CO)CCCC2)c(C)c1[N+](=O)[O-]. The van der Waals surface area contributed by atoms with Gasteiger partial charge in [-0.25, -0.2) is 0 Å². The highest BCUT2D eigenvalue weighted by Gasteiger charge is 2.32. The van der Waals surface area contributed by atoms with Gasteiger partial charge in [-0.15, -0.1) is 0 Å². The topological polar surface area (TPSA) is 88.3 Å². The number of rotatable bonds is 6. The van der Waals surface area contributed by atoms with Gasteiger partial charge in [0.15, 0.2) is 0 Å². The van der Waals surface area contributed by atoms with Gasteiger partial charge in [-0.05, 0) is 26.7 Å². The second-order valence-electron chi connectivity index (χ2n) is 6.09. The Labute approximate surface area is 124 Å². The average molecular weight is 293 g/mol. The first-order valence-corrected chi connectivity index (χ1v) is 7.40. The van der Waals surface area contributed by atoms with Gasteiger partial charge in [0, 0.05) is 42.4 Å². The molecule has 0 unspecified atom stereocenters. The van der Waals surface area contributed by atoms with Crippen LogP contribution >= 0.6 is 0 Å². The standard InChI is InChI=1S/C15H23N3O3/c1-11-7-17-13(12(2)14(11)18(20)21)8-16-9-15(10-19)5-3-4-6-15/h7,16,19H,3-6,8-10H2,1-2H3. The molecule has 0 bridgehead atoms. The van der Waals surface area contributed by atoms with E-state index in [0.29, 0.717) is 23.4 Å². The van der Waals surface area contributed by atoms with E-state index in [9.17, 15) is 15.2 Å². The van der Waals surface area contributed by atoms with E-state index in [1.807, 2.05) is 0 Å². The lowest BCUT2D eigenvalue weighted by atomic mass is 9.87. The van der Waals surface area contributed by atoms with Crippen LogP contribution in [0.5, 0.6) is 0 Å². The van der Waals surface area contributed by atoms with Crippen molar-refractivity contribution < 1.29 is 10.0 Å². The third-order valence-electron chi connectivity index (χ3n) is 4.55. The quantitative estimate of drug-likeness (QED) is 0.620. The van der Waals surface area contributed by atoms with Gasteiger partial charge < -0.3 is 10.4 Å². The highest BCUT2D eigenvalue weighted by Crippen LogP contribution is 2.37. The molecule has 1 fully saturated rings. The number of aliphatic hydroxyl groups is 1. The normalized spacial score (nSPS) is 17.1. The van der Waals surface area contributed by atoms with Gasteiger partial charge in [-0.1, -0.05) is 12.8 Å². The largest absolute Gasteiger partial charge is 0.396 e. The van der Waals surface area contributed by atoms with Crippen molar-refractivity contribution in [3.63, 3.8) is 0 Å². The van der Waals surface area contributed by atoms with E-state index in [4.69, 9.17) is 0 Å². The summed E-state index contributed by atoms with van der Waals surface area (Å²) in [6.07, 6.45) is 5.96. The zero-order chi connectivity index (χ0) is 15.5. The molecular formula is C15H23N3O3. The molecular weight excluding hydrogens is 270 g/mol. The van der Waals surface area contributed by atoms with Crippen LogP contribution in [-0.2, 0) is 6.54 Å². The molecule has 0 spiro atoms. The Kier molecular flexibility index (Phi) is 4.90. The van der Waals surface area contributed by atoms with Crippen molar-refractivity contribution in [1.82, 2.24) is 10.3 Å². The van der Waals surface area contributed by atoms with Crippen LogP contribution in [0.1, 0.15) is 42.5 Å². The fourth-order valence-corrected chi connectivity index (χ4v) is 3.19. The summed E-state index contributed by atoms with van der Waals surface area (Å²) in [4.78, 5) is 15.1.